The number of nitro benzene ring substituents is 1. The normalized spacial score (nSPS) is 19.5. The number of nitrogens with one attached hydrogen (secondary N) is 1. The van der Waals surface area contributed by atoms with Gasteiger partial charge in [-0.3, -0.25) is 10.1 Å². The average molecular weight is 441 g/mol. The molecule has 1 fully saturated rings. The molecule has 5 rings (SSSR count). The van der Waals surface area contributed by atoms with Crippen molar-refractivity contribution in [3.63, 3.8) is 0 Å². The number of halogens is 1. The number of rotatable bonds is 5. The van der Waals surface area contributed by atoms with Crippen molar-refractivity contribution in [1.82, 2.24) is 10.3 Å². The summed E-state index contributed by atoms with van der Waals surface area (Å²) < 4.78 is 19.1. The number of nitro groups is 1. The maximum Gasteiger partial charge on any atom is 0.323 e. The number of nitrogens with zero attached hydrogens (tertiary/aromatic N) is 4. The first-order chi connectivity index (χ1) is 15.4. The molecule has 1 aliphatic heterocycles. The van der Waals surface area contributed by atoms with E-state index in [1.54, 1.807) is 18.2 Å². The number of aliphatic hydroxyl groups is 1. The zero-order chi connectivity index (χ0) is 22.5. The Hall–Kier alpha value is -3.27. The Kier molecular flexibility index (Phi) is 4.96. The summed E-state index contributed by atoms with van der Waals surface area (Å²) >= 11 is 0. The van der Waals surface area contributed by atoms with Crippen molar-refractivity contribution in [2.24, 2.45) is 0 Å². The molecule has 1 aromatic heterocycles. The lowest BCUT2D eigenvalue weighted by Gasteiger charge is -2.49. The summed E-state index contributed by atoms with van der Waals surface area (Å²) in [7, 11) is 0. The van der Waals surface area contributed by atoms with E-state index in [1.807, 2.05) is 0 Å². The van der Waals surface area contributed by atoms with Crippen LogP contribution in [0.25, 0.3) is 11.0 Å². The second-order valence-electron chi connectivity index (χ2n) is 8.74. The van der Waals surface area contributed by atoms with E-state index in [-0.39, 0.29) is 47.3 Å². The number of benzene rings is 2. The predicted molar refractivity (Wildman–Crippen MR) is 117 cm³/mol. The van der Waals surface area contributed by atoms with Crippen LogP contribution in [0.4, 0.5) is 27.1 Å². The van der Waals surface area contributed by atoms with Gasteiger partial charge >= 0.3 is 5.69 Å². The summed E-state index contributed by atoms with van der Waals surface area (Å²) in [5.74, 6) is -0.119. The molecule has 1 aliphatic carbocycles. The zero-order valence-electron chi connectivity index (χ0n) is 17.7. The molecule has 1 unspecified atom stereocenters. The largest absolute Gasteiger partial charge is 0.395 e. The van der Waals surface area contributed by atoms with Crippen molar-refractivity contribution in [1.29, 1.82) is 0 Å². The number of hydrogen-bond donors (Lipinski definition) is 2. The van der Waals surface area contributed by atoms with Crippen molar-refractivity contribution in [2.75, 3.05) is 23.4 Å². The highest BCUT2D eigenvalue weighted by atomic mass is 19.1. The van der Waals surface area contributed by atoms with Gasteiger partial charge in [-0.1, -0.05) is 19.8 Å². The summed E-state index contributed by atoms with van der Waals surface area (Å²) in [6.07, 6.45) is 4.90. The molecular formula is C22H24FN5O4. The third kappa shape index (κ3) is 3.09. The van der Waals surface area contributed by atoms with Gasteiger partial charge in [-0.2, -0.15) is 0 Å². The minimum Gasteiger partial charge on any atom is -0.395 e. The molecular weight excluding hydrogens is 417 g/mol. The Morgan fingerprint density at radius 3 is 2.75 bits per heavy atom. The first kappa shape index (κ1) is 20.6. The van der Waals surface area contributed by atoms with Crippen LogP contribution in [0, 0.1) is 15.9 Å². The first-order valence-electron chi connectivity index (χ1n) is 10.8. The van der Waals surface area contributed by atoms with Gasteiger partial charge in [0.15, 0.2) is 5.52 Å². The van der Waals surface area contributed by atoms with E-state index in [9.17, 15) is 19.6 Å². The minimum atomic E-state index is -0.525. The van der Waals surface area contributed by atoms with E-state index in [0.717, 1.165) is 43.4 Å². The van der Waals surface area contributed by atoms with Crippen LogP contribution >= 0.6 is 0 Å². The molecule has 0 bridgehead atoms. The standard InChI is InChI=1S/C22H24FN5O4/c1-13-12-22(6-2-3-7-22)27(17-5-4-14(23)10-15(13)17)18-11-16(24-8-9-29)21(28(30)31)20-19(18)25-32-26-20/h4-5,10-11,13,24,29H,2-3,6-9,12H2,1H3. The van der Waals surface area contributed by atoms with E-state index in [1.165, 1.54) is 6.07 Å². The van der Waals surface area contributed by atoms with E-state index in [0.29, 0.717) is 11.2 Å². The molecule has 0 saturated heterocycles. The summed E-state index contributed by atoms with van der Waals surface area (Å²) in [5.41, 5.74) is 2.52. The fourth-order valence-corrected chi connectivity index (χ4v) is 5.59. The summed E-state index contributed by atoms with van der Waals surface area (Å²) in [6, 6.07) is 6.48. The molecule has 0 amide bonds. The predicted octanol–water partition coefficient (Wildman–Crippen LogP) is 4.63. The van der Waals surface area contributed by atoms with Crippen LogP contribution in [0.2, 0.25) is 0 Å². The van der Waals surface area contributed by atoms with Gasteiger partial charge in [-0.15, -0.1) is 0 Å². The molecule has 1 spiro atoms. The van der Waals surface area contributed by atoms with E-state index in [4.69, 9.17) is 4.63 Å². The van der Waals surface area contributed by atoms with Crippen LogP contribution in [0.3, 0.4) is 0 Å². The zero-order valence-corrected chi connectivity index (χ0v) is 17.7. The van der Waals surface area contributed by atoms with Gasteiger partial charge in [0.1, 0.15) is 11.5 Å². The van der Waals surface area contributed by atoms with Crippen molar-refractivity contribution >= 4 is 33.8 Å². The average Bonchev–Trinajstić information content (AvgIpc) is 3.42. The van der Waals surface area contributed by atoms with Gasteiger partial charge in [0.25, 0.3) is 0 Å². The van der Waals surface area contributed by atoms with Crippen LogP contribution in [-0.2, 0) is 0 Å². The maximum atomic E-state index is 14.2. The second-order valence-corrected chi connectivity index (χ2v) is 8.74. The van der Waals surface area contributed by atoms with Crippen molar-refractivity contribution in [3.8, 4) is 0 Å². The quantitative estimate of drug-likeness (QED) is 0.435. The first-order valence-corrected chi connectivity index (χ1v) is 10.8. The Morgan fingerprint density at radius 2 is 2.03 bits per heavy atom. The SMILES string of the molecule is CC1CC2(CCCC2)N(c2cc(NCCO)c([N+](=O)[O-])c3nonc23)c2ccc(F)cc21. The number of anilines is 3. The Morgan fingerprint density at radius 1 is 1.28 bits per heavy atom. The molecule has 1 saturated carbocycles. The van der Waals surface area contributed by atoms with Crippen LogP contribution in [-0.4, -0.2) is 39.0 Å². The Bertz CT molecular complexity index is 1190. The number of aromatic nitrogens is 2. The summed E-state index contributed by atoms with van der Waals surface area (Å²) in [5, 5.41) is 32.0. The van der Waals surface area contributed by atoms with Gasteiger partial charge < -0.3 is 15.3 Å². The fraction of sp³-hybridized carbons (Fsp3) is 0.455. The number of hydrogen-bond acceptors (Lipinski definition) is 8. The van der Waals surface area contributed by atoms with Gasteiger partial charge in [-0.05, 0) is 65.3 Å². The summed E-state index contributed by atoms with van der Waals surface area (Å²) in [6.45, 7) is 2.07. The molecule has 168 valence electrons. The lowest BCUT2D eigenvalue weighted by atomic mass is 9.76. The van der Waals surface area contributed by atoms with Gasteiger partial charge in [-0.25, -0.2) is 9.02 Å². The molecule has 0 radical (unpaired) electrons. The van der Waals surface area contributed by atoms with E-state index >= 15 is 0 Å². The Balaban J connectivity index is 1.80. The van der Waals surface area contributed by atoms with Crippen molar-refractivity contribution in [2.45, 2.75) is 50.5 Å². The van der Waals surface area contributed by atoms with E-state index < -0.39 is 4.92 Å². The van der Waals surface area contributed by atoms with Crippen LogP contribution in [0.1, 0.15) is 50.5 Å². The smallest absolute Gasteiger partial charge is 0.323 e. The van der Waals surface area contributed by atoms with Gasteiger partial charge in [0.2, 0.25) is 5.52 Å². The molecule has 2 aliphatic rings. The van der Waals surface area contributed by atoms with Crippen molar-refractivity contribution < 1.29 is 19.0 Å². The van der Waals surface area contributed by atoms with Gasteiger partial charge in [0.05, 0.1) is 17.2 Å². The topological polar surface area (TPSA) is 118 Å². The lowest BCUT2D eigenvalue weighted by Crippen LogP contribution is -2.48. The third-order valence-electron chi connectivity index (χ3n) is 6.80. The summed E-state index contributed by atoms with van der Waals surface area (Å²) in [4.78, 5) is 13.5. The molecule has 1 atom stereocenters. The van der Waals surface area contributed by atoms with Crippen LogP contribution in [0.5, 0.6) is 0 Å². The fourth-order valence-electron chi connectivity index (χ4n) is 5.59. The molecule has 3 aromatic rings. The third-order valence-corrected chi connectivity index (χ3v) is 6.80. The highest BCUT2D eigenvalue weighted by molar-refractivity contribution is 6.01. The maximum absolute atomic E-state index is 14.2. The van der Waals surface area contributed by atoms with Crippen LogP contribution in [0.15, 0.2) is 28.9 Å². The number of fused-ring (bicyclic) bond motifs is 2. The molecule has 32 heavy (non-hydrogen) atoms. The molecule has 10 heteroatoms. The molecule has 9 nitrogen and oxygen atoms in total. The van der Waals surface area contributed by atoms with Gasteiger partial charge in [0, 0.05) is 17.8 Å². The molecule has 2 N–H and O–H groups in total. The minimum absolute atomic E-state index is 0.0448. The monoisotopic (exact) mass is 441 g/mol. The second kappa shape index (κ2) is 7.70. The van der Waals surface area contributed by atoms with Crippen LogP contribution < -0.4 is 10.2 Å². The lowest BCUT2D eigenvalue weighted by molar-refractivity contribution is -0.382. The highest BCUT2D eigenvalue weighted by Crippen LogP contribution is 2.55. The Labute approximate surface area is 183 Å². The van der Waals surface area contributed by atoms with E-state index in [2.05, 4.69) is 27.5 Å². The highest BCUT2D eigenvalue weighted by Gasteiger charge is 2.47. The number of aliphatic hydroxyl groups excluding tert-OH is 1. The molecule has 2 heterocycles. The van der Waals surface area contributed by atoms with Crippen molar-refractivity contribution in [3.05, 3.63) is 45.8 Å². The molecule has 2 aromatic carbocycles.